The standard InChI is InChI=1S/C25H23Cl2N3O3/c1-15-4-5-16(2)18(12-15)23(31)21-22(17-6-7-19(26)20(27)13-17)30(25(33)24(21)32)10-3-9-29-11-8-28-14-29/h4-8,11-14,22,31H,3,9-10H2,1-2H3/b23-21+. The average molecular weight is 484 g/mol. The maximum atomic E-state index is 13.2. The predicted octanol–water partition coefficient (Wildman–Crippen LogP) is 5.32. The van der Waals surface area contributed by atoms with Crippen molar-refractivity contribution < 1.29 is 14.7 Å². The van der Waals surface area contributed by atoms with Crippen LogP contribution in [0.25, 0.3) is 5.76 Å². The number of carbonyl (C=O) groups excluding carboxylic acids is 2. The monoisotopic (exact) mass is 483 g/mol. The fourth-order valence-electron chi connectivity index (χ4n) is 4.12. The van der Waals surface area contributed by atoms with Crippen molar-refractivity contribution in [2.24, 2.45) is 0 Å². The normalized spacial score (nSPS) is 17.7. The van der Waals surface area contributed by atoms with E-state index in [1.165, 1.54) is 4.90 Å². The minimum Gasteiger partial charge on any atom is -0.507 e. The summed E-state index contributed by atoms with van der Waals surface area (Å²) in [6.45, 7) is 4.70. The van der Waals surface area contributed by atoms with E-state index in [0.717, 1.165) is 11.1 Å². The van der Waals surface area contributed by atoms with Crippen LogP contribution in [0.2, 0.25) is 10.0 Å². The first-order chi connectivity index (χ1) is 15.8. The molecule has 3 aromatic rings. The Kier molecular flexibility index (Phi) is 6.58. The number of carbonyl (C=O) groups is 2. The van der Waals surface area contributed by atoms with Gasteiger partial charge in [-0.05, 0) is 49.6 Å². The van der Waals surface area contributed by atoms with Gasteiger partial charge in [0.05, 0.1) is 28.0 Å². The lowest BCUT2D eigenvalue weighted by Crippen LogP contribution is -2.31. The number of aromatic nitrogens is 2. The number of benzene rings is 2. The number of ketones is 1. The van der Waals surface area contributed by atoms with Crippen molar-refractivity contribution in [1.29, 1.82) is 0 Å². The number of amides is 1. The first kappa shape index (κ1) is 23.1. The number of hydrogen-bond donors (Lipinski definition) is 1. The number of nitrogens with zero attached hydrogens (tertiary/aromatic N) is 3. The Hall–Kier alpha value is -3.09. The first-order valence-corrected chi connectivity index (χ1v) is 11.3. The Morgan fingerprint density at radius 3 is 2.55 bits per heavy atom. The highest BCUT2D eigenvalue weighted by Crippen LogP contribution is 2.41. The van der Waals surface area contributed by atoms with Crippen molar-refractivity contribution in [3.05, 3.63) is 93.0 Å². The quantitative estimate of drug-likeness (QED) is 0.292. The zero-order valence-corrected chi connectivity index (χ0v) is 19.8. The molecule has 6 nitrogen and oxygen atoms in total. The van der Waals surface area contributed by atoms with E-state index in [-0.39, 0.29) is 11.3 Å². The van der Waals surface area contributed by atoms with Gasteiger partial charge in [-0.25, -0.2) is 4.98 Å². The Morgan fingerprint density at radius 2 is 1.85 bits per heavy atom. The molecule has 1 fully saturated rings. The molecule has 2 aromatic carbocycles. The highest BCUT2D eigenvalue weighted by Gasteiger charge is 2.46. The summed E-state index contributed by atoms with van der Waals surface area (Å²) >= 11 is 12.4. The molecule has 0 aliphatic carbocycles. The van der Waals surface area contributed by atoms with Gasteiger partial charge in [0.15, 0.2) is 0 Å². The predicted molar refractivity (Wildman–Crippen MR) is 128 cm³/mol. The van der Waals surface area contributed by atoms with Crippen molar-refractivity contribution in [2.75, 3.05) is 6.54 Å². The van der Waals surface area contributed by atoms with Crippen LogP contribution >= 0.6 is 23.2 Å². The van der Waals surface area contributed by atoms with E-state index in [1.54, 1.807) is 30.7 Å². The summed E-state index contributed by atoms with van der Waals surface area (Å²) in [5, 5.41) is 11.9. The zero-order chi connectivity index (χ0) is 23.7. The number of likely N-dealkylation sites (tertiary alicyclic amines) is 1. The minimum absolute atomic E-state index is 0.0507. The Balaban J connectivity index is 1.79. The van der Waals surface area contributed by atoms with Crippen molar-refractivity contribution in [1.82, 2.24) is 14.5 Å². The summed E-state index contributed by atoms with van der Waals surface area (Å²) in [5.74, 6) is -1.56. The van der Waals surface area contributed by atoms with Crippen LogP contribution in [0.1, 0.15) is 34.7 Å². The maximum absolute atomic E-state index is 13.2. The Labute approximate surface area is 202 Å². The molecule has 0 radical (unpaired) electrons. The second-order valence-corrected chi connectivity index (χ2v) is 8.95. The van der Waals surface area contributed by atoms with E-state index in [1.807, 2.05) is 42.8 Å². The highest BCUT2D eigenvalue weighted by atomic mass is 35.5. The molecule has 0 saturated carbocycles. The minimum atomic E-state index is -0.775. The fourth-order valence-corrected chi connectivity index (χ4v) is 4.42. The van der Waals surface area contributed by atoms with Gasteiger partial charge in [0.1, 0.15) is 5.76 Å². The third-order valence-electron chi connectivity index (χ3n) is 5.82. The van der Waals surface area contributed by atoms with Crippen LogP contribution in [0.4, 0.5) is 0 Å². The lowest BCUT2D eigenvalue weighted by Gasteiger charge is -2.26. The third kappa shape index (κ3) is 4.54. The molecule has 8 heteroatoms. The molecule has 1 saturated heterocycles. The molecule has 0 spiro atoms. The fraction of sp³-hybridized carbons (Fsp3) is 0.240. The summed E-state index contributed by atoms with van der Waals surface area (Å²) < 4.78 is 1.90. The molecule has 1 N–H and O–H groups in total. The highest BCUT2D eigenvalue weighted by molar-refractivity contribution is 6.47. The maximum Gasteiger partial charge on any atom is 0.295 e. The van der Waals surface area contributed by atoms with E-state index in [9.17, 15) is 14.7 Å². The number of aryl methyl sites for hydroxylation is 3. The Bertz CT molecular complexity index is 1250. The Morgan fingerprint density at radius 1 is 1.06 bits per heavy atom. The van der Waals surface area contributed by atoms with E-state index in [4.69, 9.17) is 23.2 Å². The second kappa shape index (κ2) is 9.41. The number of aliphatic hydroxyl groups is 1. The first-order valence-electron chi connectivity index (χ1n) is 10.5. The molecular weight excluding hydrogens is 461 g/mol. The average Bonchev–Trinajstić information content (AvgIpc) is 3.39. The van der Waals surface area contributed by atoms with Crippen molar-refractivity contribution in [3.8, 4) is 0 Å². The molecule has 1 atom stereocenters. The van der Waals surface area contributed by atoms with Gasteiger partial charge in [0, 0.05) is 31.0 Å². The lowest BCUT2D eigenvalue weighted by molar-refractivity contribution is -0.139. The van der Waals surface area contributed by atoms with Crippen molar-refractivity contribution >= 4 is 40.7 Å². The molecular formula is C25H23Cl2N3O3. The van der Waals surface area contributed by atoms with E-state index in [2.05, 4.69) is 4.98 Å². The third-order valence-corrected chi connectivity index (χ3v) is 6.56. The number of Topliss-reactive ketones (excluding diaryl/α,β-unsaturated/α-hetero) is 1. The summed E-state index contributed by atoms with van der Waals surface area (Å²) in [5.41, 5.74) is 2.92. The van der Waals surface area contributed by atoms with Gasteiger partial charge in [0.2, 0.25) is 0 Å². The number of hydrogen-bond acceptors (Lipinski definition) is 4. The molecule has 2 heterocycles. The number of imidazole rings is 1. The molecule has 1 unspecified atom stereocenters. The second-order valence-electron chi connectivity index (χ2n) is 8.14. The van der Waals surface area contributed by atoms with Crippen LogP contribution < -0.4 is 0 Å². The van der Waals surface area contributed by atoms with Crippen LogP contribution in [-0.2, 0) is 16.1 Å². The lowest BCUT2D eigenvalue weighted by atomic mass is 9.93. The van der Waals surface area contributed by atoms with Gasteiger partial charge in [-0.1, -0.05) is 47.0 Å². The van der Waals surface area contributed by atoms with E-state index >= 15 is 0 Å². The van der Waals surface area contributed by atoms with Gasteiger partial charge >= 0.3 is 0 Å². The van der Waals surface area contributed by atoms with Crippen LogP contribution in [-0.4, -0.2) is 37.8 Å². The molecule has 1 aliphatic rings. The van der Waals surface area contributed by atoms with Crippen LogP contribution in [0, 0.1) is 13.8 Å². The van der Waals surface area contributed by atoms with Crippen molar-refractivity contribution in [3.63, 3.8) is 0 Å². The number of aliphatic hydroxyl groups excluding tert-OH is 1. The van der Waals surface area contributed by atoms with Crippen LogP contribution in [0.15, 0.2) is 60.7 Å². The van der Waals surface area contributed by atoms with Crippen molar-refractivity contribution in [2.45, 2.75) is 32.9 Å². The molecule has 4 rings (SSSR count). The summed E-state index contributed by atoms with van der Waals surface area (Å²) in [6, 6.07) is 9.83. The van der Waals surface area contributed by atoms with Gasteiger partial charge in [-0.2, -0.15) is 0 Å². The number of rotatable bonds is 6. The van der Waals surface area contributed by atoms with Crippen LogP contribution in [0.3, 0.4) is 0 Å². The zero-order valence-electron chi connectivity index (χ0n) is 18.3. The largest absolute Gasteiger partial charge is 0.507 e. The van der Waals surface area contributed by atoms with Gasteiger partial charge in [0.25, 0.3) is 11.7 Å². The van der Waals surface area contributed by atoms with Gasteiger partial charge < -0.3 is 14.6 Å². The molecule has 33 heavy (non-hydrogen) atoms. The number of halogens is 2. The summed E-state index contributed by atoms with van der Waals surface area (Å²) in [7, 11) is 0. The smallest absolute Gasteiger partial charge is 0.295 e. The summed E-state index contributed by atoms with van der Waals surface area (Å²) in [6.07, 6.45) is 5.83. The van der Waals surface area contributed by atoms with Gasteiger partial charge in [-0.15, -0.1) is 0 Å². The molecule has 1 aromatic heterocycles. The van der Waals surface area contributed by atoms with E-state index < -0.39 is 17.7 Å². The van der Waals surface area contributed by atoms with Crippen LogP contribution in [0.5, 0.6) is 0 Å². The molecule has 1 aliphatic heterocycles. The SMILES string of the molecule is Cc1ccc(C)c(/C(O)=C2\C(=O)C(=O)N(CCCn3ccnc3)C2c2ccc(Cl)c(Cl)c2)c1. The summed E-state index contributed by atoms with van der Waals surface area (Å²) in [4.78, 5) is 31.8. The molecule has 1 amide bonds. The topological polar surface area (TPSA) is 75.4 Å². The van der Waals surface area contributed by atoms with E-state index in [0.29, 0.717) is 40.7 Å². The van der Waals surface area contributed by atoms with Gasteiger partial charge in [-0.3, -0.25) is 9.59 Å². The molecule has 0 bridgehead atoms. The molecule has 170 valence electrons.